The van der Waals surface area contributed by atoms with Crippen molar-refractivity contribution in [1.82, 2.24) is 19.9 Å². The first-order chi connectivity index (χ1) is 10.2. The first kappa shape index (κ1) is 13.7. The van der Waals surface area contributed by atoms with Gasteiger partial charge in [-0.3, -0.25) is 9.20 Å². The van der Waals surface area contributed by atoms with Crippen LogP contribution in [0.4, 0.5) is 4.39 Å². The number of carbonyl (C=O) groups is 1. The molecule has 0 atom stereocenters. The predicted octanol–water partition coefficient (Wildman–Crippen LogP) is 2.56. The lowest BCUT2D eigenvalue weighted by Gasteiger charge is -2.06. The van der Waals surface area contributed by atoms with E-state index < -0.39 is 11.7 Å². The molecule has 0 aliphatic heterocycles. The molecule has 1 amide bonds. The molecular weight excluding hydrogens is 339 g/mol. The lowest BCUT2D eigenvalue weighted by molar-refractivity contribution is 0.0945. The molecule has 7 heteroatoms. The molecule has 0 saturated carbocycles. The number of nitrogens with zero attached hydrogens (tertiary/aromatic N) is 3. The van der Waals surface area contributed by atoms with E-state index in [4.69, 9.17) is 0 Å². The van der Waals surface area contributed by atoms with E-state index in [1.807, 2.05) is 18.2 Å². The number of aromatic nitrogens is 3. The first-order valence-electron chi connectivity index (χ1n) is 6.17. The molecule has 106 valence electrons. The van der Waals surface area contributed by atoms with Crippen molar-refractivity contribution in [1.29, 1.82) is 0 Å². The molecule has 0 aliphatic carbocycles. The highest BCUT2D eigenvalue weighted by molar-refractivity contribution is 9.10. The Balaban J connectivity index is 1.78. The second kappa shape index (κ2) is 5.61. The summed E-state index contributed by atoms with van der Waals surface area (Å²) in [5.41, 5.74) is 0.675. The van der Waals surface area contributed by atoms with Gasteiger partial charge in [-0.05, 0) is 40.2 Å². The van der Waals surface area contributed by atoms with E-state index in [1.54, 1.807) is 16.7 Å². The summed E-state index contributed by atoms with van der Waals surface area (Å²) in [5, 5.41) is 10.6. The molecule has 3 aromatic rings. The number of hydrogen-bond acceptors (Lipinski definition) is 3. The smallest absolute Gasteiger partial charge is 0.254 e. The van der Waals surface area contributed by atoms with Crippen molar-refractivity contribution < 1.29 is 9.18 Å². The highest BCUT2D eigenvalue weighted by atomic mass is 79.9. The maximum absolute atomic E-state index is 13.8. The van der Waals surface area contributed by atoms with Crippen molar-refractivity contribution >= 4 is 27.5 Å². The Bertz CT molecular complexity index is 818. The number of amides is 1. The molecule has 0 spiro atoms. The summed E-state index contributed by atoms with van der Waals surface area (Å²) < 4.78 is 15.8. The zero-order chi connectivity index (χ0) is 14.8. The third-order valence-electron chi connectivity index (χ3n) is 2.99. The number of hydrogen-bond donors (Lipinski definition) is 1. The van der Waals surface area contributed by atoms with Gasteiger partial charge in [-0.15, -0.1) is 10.2 Å². The molecule has 2 heterocycles. The fourth-order valence-electron chi connectivity index (χ4n) is 1.95. The number of fused-ring (bicyclic) bond motifs is 1. The van der Waals surface area contributed by atoms with Crippen LogP contribution in [0.15, 0.2) is 47.1 Å². The van der Waals surface area contributed by atoms with Crippen molar-refractivity contribution in [2.45, 2.75) is 6.54 Å². The summed E-state index contributed by atoms with van der Waals surface area (Å²) in [6, 6.07) is 10.1. The molecule has 0 fully saturated rings. The third kappa shape index (κ3) is 2.64. The Labute approximate surface area is 127 Å². The van der Waals surface area contributed by atoms with Crippen LogP contribution in [-0.2, 0) is 6.54 Å². The van der Waals surface area contributed by atoms with Gasteiger partial charge in [0, 0.05) is 6.20 Å². The van der Waals surface area contributed by atoms with Crippen molar-refractivity contribution in [3.8, 4) is 0 Å². The Morgan fingerprint density at radius 3 is 2.95 bits per heavy atom. The van der Waals surface area contributed by atoms with Gasteiger partial charge in [0.25, 0.3) is 5.91 Å². The van der Waals surface area contributed by atoms with Gasteiger partial charge in [0.05, 0.1) is 16.6 Å². The Hall–Kier alpha value is -2.28. The lowest BCUT2D eigenvalue weighted by Crippen LogP contribution is -2.25. The van der Waals surface area contributed by atoms with Gasteiger partial charge in [0.1, 0.15) is 5.82 Å². The largest absolute Gasteiger partial charge is 0.345 e. The average Bonchev–Trinajstić information content (AvgIpc) is 2.91. The van der Waals surface area contributed by atoms with Gasteiger partial charge in [-0.2, -0.15) is 0 Å². The minimum Gasteiger partial charge on any atom is -0.345 e. The number of benzene rings is 1. The maximum Gasteiger partial charge on any atom is 0.254 e. The Morgan fingerprint density at radius 1 is 1.24 bits per heavy atom. The number of pyridine rings is 1. The molecule has 0 unspecified atom stereocenters. The second-order valence-electron chi connectivity index (χ2n) is 4.33. The molecule has 21 heavy (non-hydrogen) atoms. The quantitative estimate of drug-likeness (QED) is 0.791. The zero-order valence-electron chi connectivity index (χ0n) is 10.8. The SMILES string of the molecule is O=C(NCc1nnc2ccccn12)c1cccc(Br)c1F. The molecule has 0 radical (unpaired) electrons. The number of carbonyl (C=O) groups excluding carboxylic acids is 1. The highest BCUT2D eigenvalue weighted by Crippen LogP contribution is 2.18. The molecule has 1 N–H and O–H groups in total. The highest BCUT2D eigenvalue weighted by Gasteiger charge is 2.14. The van der Waals surface area contributed by atoms with E-state index in [2.05, 4.69) is 31.4 Å². The Morgan fingerprint density at radius 2 is 2.10 bits per heavy atom. The molecule has 3 rings (SSSR count). The summed E-state index contributed by atoms with van der Waals surface area (Å²) in [6.07, 6.45) is 1.80. The van der Waals surface area contributed by atoms with E-state index in [1.165, 1.54) is 12.1 Å². The molecule has 1 aromatic carbocycles. The lowest BCUT2D eigenvalue weighted by atomic mass is 10.2. The van der Waals surface area contributed by atoms with Gasteiger partial charge in [-0.25, -0.2) is 4.39 Å². The maximum atomic E-state index is 13.8. The molecule has 2 aromatic heterocycles. The fraction of sp³-hybridized carbons (Fsp3) is 0.0714. The van der Waals surface area contributed by atoms with Crippen molar-refractivity contribution in [2.24, 2.45) is 0 Å². The van der Waals surface area contributed by atoms with Gasteiger partial charge >= 0.3 is 0 Å². The van der Waals surface area contributed by atoms with Crippen LogP contribution in [0.3, 0.4) is 0 Å². The van der Waals surface area contributed by atoms with Crippen LogP contribution in [0.2, 0.25) is 0 Å². The van der Waals surface area contributed by atoms with Crippen LogP contribution in [0, 0.1) is 5.82 Å². The standard InChI is InChI=1S/C14H10BrFN4O/c15-10-5-3-4-9(13(10)16)14(21)17-8-12-19-18-11-6-1-2-7-20(11)12/h1-7H,8H2,(H,17,21). The van der Waals surface area contributed by atoms with Crippen LogP contribution in [-0.4, -0.2) is 20.5 Å². The van der Waals surface area contributed by atoms with Gasteiger partial charge < -0.3 is 5.32 Å². The average molecular weight is 349 g/mol. The van der Waals surface area contributed by atoms with Gasteiger partial charge in [0.2, 0.25) is 0 Å². The van der Waals surface area contributed by atoms with E-state index >= 15 is 0 Å². The Kier molecular flexibility index (Phi) is 3.66. The first-order valence-corrected chi connectivity index (χ1v) is 6.97. The minimum absolute atomic E-state index is 0.0156. The molecule has 0 bridgehead atoms. The van der Waals surface area contributed by atoms with Gasteiger partial charge in [0.15, 0.2) is 11.5 Å². The minimum atomic E-state index is -0.582. The molecule has 0 saturated heterocycles. The van der Waals surface area contributed by atoms with Crippen LogP contribution in [0.5, 0.6) is 0 Å². The van der Waals surface area contributed by atoms with E-state index in [-0.39, 0.29) is 16.6 Å². The zero-order valence-corrected chi connectivity index (χ0v) is 12.3. The monoisotopic (exact) mass is 348 g/mol. The summed E-state index contributed by atoms with van der Waals surface area (Å²) in [4.78, 5) is 12.0. The van der Waals surface area contributed by atoms with Crippen LogP contribution >= 0.6 is 15.9 Å². The normalized spacial score (nSPS) is 10.8. The number of rotatable bonds is 3. The fourth-order valence-corrected chi connectivity index (χ4v) is 2.31. The molecular formula is C14H10BrFN4O. The van der Waals surface area contributed by atoms with E-state index in [9.17, 15) is 9.18 Å². The van der Waals surface area contributed by atoms with Crippen LogP contribution < -0.4 is 5.32 Å². The summed E-state index contributed by atoms with van der Waals surface area (Å²) >= 11 is 3.06. The summed E-state index contributed by atoms with van der Waals surface area (Å²) in [6.45, 7) is 0.163. The molecule has 5 nitrogen and oxygen atoms in total. The van der Waals surface area contributed by atoms with Crippen molar-refractivity contribution in [2.75, 3.05) is 0 Å². The topological polar surface area (TPSA) is 59.3 Å². The molecule has 0 aliphatic rings. The van der Waals surface area contributed by atoms with E-state index in [0.29, 0.717) is 11.5 Å². The number of halogens is 2. The van der Waals surface area contributed by atoms with E-state index in [0.717, 1.165) is 0 Å². The number of nitrogens with one attached hydrogen (secondary N) is 1. The van der Waals surface area contributed by atoms with Crippen molar-refractivity contribution in [3.63, 3.8) is 0 Å². The van der Waals surface area contributed by atoms with Crippen molar-refractivity contribution in [3.05, 3.63) is 64.3 Å². The van der Waals surface area contributed by atoms with Crippen LogP contribution in [0.1, 0.15) is 16.2 Å². The predicted molar refractivity (Wildman–Crippen MR) is 78.3 cm³/mol. The third-order valence-corrected chi connectivity index (χ3v) is 3.60. The second-order valence-corrected chi connectivity index (χ2v) is 5.18. The van der Waals surface area contributed by atoms with Crippen LogP contribution in [0.25, 0.3) is 5.65 Å². The summed E-state index contributed by atoms with van der Waals surface area (Å²) in [7, 11) is 0. The summed E-state index contributed by atoms with van der Waals surface area (Å²) in [5.74, 6) is -0.503. The van der Waals surface area contributed by atoms with Gasteiger partial charge in [-0.1, -0.05) is 12.1 Å².